The van der Waals surface area contributed by atoms with Crippen molar-refractivity contribution in [1.29, 1.82) is 0 Å². The number of allylic oxidation sites excluding steroid dienone is 10. The van der Waals surface area contributed by atoms with E-state index >= 15 is 0 Å². The van der Waals surface area contributed by atoms with E-state index in [1.807, 2.05) is 21.1 Å². The Balaban J connectivity index is 4.31. The Hall–Kier alpha value is -1.80. The minimum Gasteiger partial charge on any atom is -0.391 e. The molecule has 0 bridgehead atoms. The topological polar surface area (TPSA) is 105 Å². The van der Waals surface area contributed by atoms with Gasteiger partial charge >= 0.3 is 7.82 Å². The number of nitrogens with zero attached hydrogens (tertiary/aromatic N) is 1. The molecule has 0 saturated carbocycles. The highest BCUT2D eigenvalue weighted by Crippen LogP contribution is 2.43. The summed E-state index contributed by atoms with van der Waals surface area (Å²) in [5.41, 5.74) is 0. The predicted molar refractivity (Wildman–Crippen MR) is 207 cm³/mol. The Kier molecular flexibility index (Phi) is 31.0. The maximum absolute atomic E-state index is 12.7. The molecule has 3 atom stereocenters. The molecule has 8 nitrogen and oxygen atoms in total. The first-order valence-corrected chi connectivity index (χ1v) is 20.6. The average Bonchev–Trinajstić information content (AvgIpc) is 3.04. The first-order valence-electron chi connectivity index (χ1n) is 19.2. The second-order valence-electron chi connectivity index (χ2n) is 13.9. The molecule has 1 amide bonds. The second-order valence-corrected chi connectivity index (χ2v) is 15.4. The molecule has 284 valence electrons. The molecule has 0 radical (unpaired) electrons. The van der Waals surface area contributed by atoms with Crippen LogP contribution < -0.4 is 5.32 Å². The number of nitrogens with one attached hydrogen (secondary N) is 1. The molecular formula is C40H74N2O6P+. The molecule has 0 heterocycles. The Morgan fingerprint density at radius 1 is 0.714 bits per heavy atom. The minimum atomic E-state index is -4.31. The Bertz CT molecular complexity index is 986. The van der Waals surface area contributed by atoms with Gasteiger partial charge in [0, 0.05) is 6.42 Å². The highest BCUT2D eigenvalue weighted by Gasteiger charge is 2.28. The maximum Gasteiger partial charge on any atom is 0.472 e. The van der Waals surface area contributed by atoms with Crippen LogP contribution in [-0.2, 0) is 18.4 Å². The number of hydrogen-bond donors (Lipinski definition) is 3. The molecule has 0 saturated heterocycles. The van der Waals surface area contributed by atoms with Gasteiger partial charge in [-0.25, -0.2) is 4.57 Å². The fraction of sp³-hybridized carbons (Fsp3) is 0.725. The predicted octanol–water partition coefficient (Wildman–Crippen LogP) is 9.90. The summed E-state index contributed by atoms with van der Waals surface area (Å²) >= 11 is 0. The summed E-state index contributed by atoms with van der Waals surface area (Å²) in [7, 11) is 1.58. The normalized spacial score (nSPS) is 15.3. The van der Waals surface area contributed by atoms with Gasteiger partial charge in [-0.2, -0.15) is 0 Å². The molecule has 0 aromatic carbocycles. The highest BCUT2D eigenvalue weighted by molar-refractivity contribution is 7.47. The molecule has 0 aliphatic rings. The van der Waals surface area contributed by atoms with Crippen molar-refractivity contribution < 1.29 is 32.9 Å². The van der Waals surface area contributed by atoms with Gasteiger partial charge in [0.1, 0.15) is 13.2 Å². The SMILES string of the molecule is CC/C=C\C/C=C\C/C=C\C/C=C\C/C=C\CCCCCCCC(=O)NC(COP(=O)(O)OCC[N+](C)(C)C)C(O)CCCCCCCC. The average molecular weight is 710 g/mol. The quantitative estimate of drug-likeness (QED) is 0.0271. The number of amides is 1. The first-order chi connectivity index (χ1) is 23.5. The van der Waals surface area contributed by atoms with Crippen molar-refractivity contribution >= 4 is 13.7 Å². The van der Waals surface area contributed by atoms with Crippen LogP contribution in [0.5, 0.6) is 0 Å². The summed E-state index contributed by atoms with van der Waals surface area (Å²) in [5.74, 6) is -0.173. The van der Waals surface area contributed by atoms with E-state index in [-0.39, 0.29) is 19.1 Å². The van der Waals surface area contributed by atoms with Gasteiger partial charge in [-0.1, -0.05) is 132 Å². The number of rotatable bonds is 33. The van der Waals surface area contributed by atoms with Crippen LogP contribution in [0, 0.1) is 0 Å². The minimum absolute atomic E-state index is 0.0664. The van der Waals surface area contributed by atoms with Gasteiger partial charge in [0.2, 0.25) is 5.91 Å². The van der Waals surface area contributed by atoms with Gasteiger partial charge in [0.05, 0.1) is 39.9 Å². The van der Waals surface area contributed by atoms with Crippen molar-refractivity contribution in [3.8, 4) is 0 Å². The van der Waals surface area contributed by atoms with Crippen LogP contribution >= 0.6 is 7.82 Å². The maximum atomic E-state index is 12.7. The summed E-state index contributed by atoms with van der Waals surface area (Å²) in [6.07, 6.45) is 39.8. The lowest BCUT2D eigenvalue weighted by atomic mass is 10.0. The number of phosphoric ester groups is 1. The Morgan fingerprint density at radius 2 is 1.22 bits per heavy atom. The highest BCUT2D eigenvalue weighted by atomic mass is 31.2. The van der Waals surface area contributed by atoms with E-state index in [4.69, 9.17) is 9.05 Å². The van der Waals surface area contributed by atoms with Crippen molar-refractivity contribution in [2.75, 3.05) is 40.9 Å². The third-order valence-electron chi connectivity index (χ3n) is 8.03. The monoisotopic (exact) mass is 710 g/mol. The largest absolute Gasteiger partial charge is 0.472 e. The fourth-order valence-electron chi connectivity index (χ4n) is 4.95. The van der Waals surface area contributed by atoms with Gasteiger partial charge in [-0.05, 0) is 57.8 Å². The van der Waals surface area contributed by atoms with Crippen LogP contribution in [0.4, 0.5) is 0 Å². The first kappa shape index (κ1) is 47.2. The number of aliphatic hydroxyl groups excluding tert-OH is 1. The molecule has 0 aliphatic carbocycles. The van der Waals surface area contributed by atoms with Crippen molar-refractivity contribution in [3.05, 3.63) is 60.8 Å². The molecule has 0 spiro atoms. The van der Waals surface area contributed by atoms with Crippen molar-refractivity contribution in [2.45, 2.75) is 148 Å². The number of quaternary nitrogens is 1. The van der Waals surface area contributed by atoms with Gasteiger partial charge in [-0.3, -0.25) is 13.8 Å². The van der Waals surface area contributed by atoms with Crippen LogP contribution in [0.2, 0.25) is 0 Å². The standard InChI is InChI=1S/C40H73N2O6P/c1-6-8-10-12-14-15-16-17-18-19-20-21-22-23-24-25-26-27-28-30-32-34-40(44)41-38(39(43)33-31-29-13-11-9-7-2)37-48-49(45,46)47-36-35-42(3,4)5/h8,10,14-15,17-18,20-21,23-24,38-39,43H,6-7,9,11-13,16,19,22,25-37H2,1-5H3,(H-,41,44,45,46)/p+1/b10-8-,15-14-,18-17-,21-20-,24-23-. The van der Waals surface area contributed by atoms with Crippen molar-refractivity contribution in [1.82, 2.24) is 5.32 Å². The zero-order valence-electron chi connectivity index (χ0n) is 31.9. The number of phosphoric acid groups is 1. The van der Waals surface area contributed by atoms with E-state index < -0.39 is 20.0 Å². The summed E-state index contributed by atoms with van der Waals surface area (Å²) in [6.45, 7) is 4.65. The number of unbranched alkanes of at least 4 members (excludes halogenated alkanes) is 10. The number of hydrogen-bond acceptors (Lipinski definition) is 5. The van der Waals surface area contributed by atoms with E-state index in [0.29, 0.717) is 23.9 Å². The summed E-state index contributed by atoms with van der Waals surface area (Å²) in [6, 6.07) is -0.769. The molecule has 49 heavy (non-hydrogen) atoms. The number of aliphatic hydroxyl groups is 1. The van der Waals surface area contributed by atoms with Gasteiger partial charge in [0.25, 0.3) is 0 Å². The van der Waals surface area contributed by atoms with Crippen molar-refractivity contribution in [3.63, 3.8) is 0 Å². The van der Waals surface area contributed by atoms with E-state index in [1.54, 1.807) is 0 Å². The fourth-order valence-corrected chi connectivity index (χ4v) is 5.69. The molecule has 9 heteroatoms. The van der Waals surface area contributed by atoms with Crippen molar-refractivity contribution in [2.24, 2.45) is 0 Å². The lowest BCUT2D eigenvalue weighted by molar-refractivity contribution is -0.870. The van der Waals surface area contributed by atoms with E-state index in [2.05, 4.69) is 79.9 Å². The molecule has 3 N–H and O–H groups in total. The van der Waals surface area contributed by atoms with E-state index in [9.17, 15) is 19.4 Å². The zero-order chi connectivity index (χ0) is 36.5. The molecular weight excluding hydrogens is 635 g/mol. The molecule has 0 aromatic rings. The molecule has 0 fully saturated rings. The van der Waals surface area contributed by atoms with Crippen LogP contribution in [0.1, 0.15) is 136 Å². The van der Waals surface area contributed by atoms with E-state index in [0.717, 1.165) is 89.9 Å². The second kappa shape index (κ2) is 32.1. The summed E-state index contributed by atoms with van der Waals surface area (Å²) in [5, 5.41) is 13.7. The number of likely N-dealkylation sites (N-methyl/N-ethyl adjacent to an activating group) is 1. The molecule has 0 aromatic heterocycles. The van der Waals surface area contributed by atoms with E-state index in [1.165, 1.54) is 19.3 Å². The van der Waals surface area contributed by atoms with Gasteiger partial charge in [0.15, 0.2) is 0 Å². The van der Waals surface area contributed by atoms with Crippen LogP contribution in [0.25, 0.3) is 0 Å². The third-order valence-corrected chi connectivity index (χ3v) is 9.01. The zero-order valence-corrected chi connectivity index (χ0v) is 32.8. The van der Waals surface area contributed by atoms with Crippen LogP contribution in [0.3, 0.4) is 0 Å². The Labute approximate surface area is 301 Å². The molecule has 0 aliphatic heterocycles. The third kappa shape index (κ3) is 34.4. The lowest BCUT2D eigenvalue weighted by Gasteiger charge is -2.26. The lowest BCUT2D eigenvalue weighted by Crippen LogP contribution is -2.46. The van der Waals surface area contributed by atoms with Crippen LogP contribution in [0.15, 0.2) is 60.8 Å². The molecule has 0 rings (SSSR count). The van der Waals surface area contributed by atoms with Gasteiger partial charge in [-0.15, -0.1) is 0 Å². The smallest absolute Gasteiger partial charge is 0.391 e. The summed E-state index contributed by atoms with van der Waals surface area (Å²) in [4.78, 5) is 22.9. The van der Waals surface area contributed by atoms with Gasteiger partial charge < -0.3 is 19.8 Å². The number of carbonyl (C=O) groups excluding carboxylic acids is 1. The number of carbonyl (C=O) groups is 1. The summed E-state index contributed by atoms with van der Waals surface area (Å²) < 4.78 is 23.4. The Morgan fingerprint density at radius 3 is 1.80 bits per heavy atom. The molecule has 3 unspecified atom stereocenters. The van der Waals surface area contributed by atoms with Crippen LogP contribution in [-0.4, -0.2) is 73.4 Å².